The van der Waals surface area contributed by atoms with Gasteiger partial charge in [-0.2, -0.15) is 10.5 Å². The number of likely N-dealkylation sites (tertiary alicyclic amines) is 1. The third kappa shape index (κ3) is 6.51. The highest BCUT2D eigenvalue weighted by atomic mass is 35.5. The van der Waals surface area contributed by atoms with Gasteiger partial charge in [0.05, 0.1) is 39.2 Å². The number of hydrazine groups is 2. The topological polar surface area (TPSA) is 115 Å². The fraction of sp³-hybridized carbons (Fsp3) is 0.286. The summed E-state index contributed by atoms with van der Waals surface area (Å²) in [4.78, 5) is 6.90. The van der Waals surface area contributed by atoms with Gasteiger partial charge in [0, 0.05) is 48.1 Å². The van der Waals surface area contributed by atoms with Gasteiger partial charge in [-0.3, -0.25) is 14.9 Å². The average Bonchev–Trinajstić information content (AvgIpc) is 3.55. The van der Waals surface area contributed by atoms with Gasteiger partial charge in [0.25, 0.3) is 0 Å². The predicted molar refractivity (Wildman–Crippen MR) is 179 cm³/mol. The molecule has 47 heavy (non-hydrogen) atoms. The van der Waals surface area contributed by atoms with Gasteiger partial charge in [-0.05, 0) is 63.4 Å². The summed E-state index contributed by atoms with van der Waals surface area (Å²) in [5, 5.41) is 28.6. The molecule has 0 aliphatic carbocycles. The molecular formula is C35H34ClF2N9. The molecular weight excluding hydrogens is 620 g/mol. The molecule has 0 radical (unpaired) electrons. The molecule has 0 saturated carbocycles. The van der Waals surface area contributed by atoms with Gasteiger partial charge in [0.1, 0.15) is 23.5 Å². The molecule has 12 heteroatoms. The number of piperidine rings is 1. The van der Waals surface area contributed by atoms with E-state index in [1.165, 1.54) is 12.3 Å². The van der Waals surface area contributed by atoms with Gasteiger partial charge in [-0.25, -0.2) is 8.78 Å². The van der Waals surface area contributed by atoms with Crippen molar-refractivity contribution in [2.75, 3.05) is 23.7 Å². The third-order valence-electron chi connectivity index (χ3n) is 8.68. The van der Waals surface area contributed by atoms with E-state index in [0.717, 1.165) is 43.3 Å². The number of hydrogen-bond donors (Lipinski definition) is 4. The van der Waals surface area contributed by atoms with Crippen LogP contribution in [0.1, 0.15) is 56.3 Å². The number of benzene rings is 3. The summed E-state index contributed by atoms with van der Waals surface area (Å²) >= 11 is 6.76. The molecule has 1 fully saturated rings. The fourth-order valence-electron chi connectivity index (χ4n) is 6.10. The van der Waals surface area contributed by atoms with Gasteiger partial charge in [0.2, 0.25) is 0 Å². The Morgan fingerprint density at radius 3 is 2.47 bits per heavy atom. The fourth-order valence-corrected chi connectivity index (χ4v) is 6.37. The number of hydrogen-bond acceptors (Lipinski definition) is 9. The maximum Gasteiger partial charge on any atom is 0.167 e. The normalized spacial score (nSPS) is 16.3. The van der Waals surface area contributed by atoms with Crippen LogP contribution in [0.25, 0.3) is 10.9 Å². The lowest BCUT2D eigenvalue weighted by molar-refractivity contribution is 0.0570. The largest absolute Gasteiger partial charge is 0.373 e. The maximum absolute atomic E-state index is 15.1. The van der Waals surface area contributed by atoms with Crippen molar-refractivity contribution in [3.8, 4) is 12.1 Å². The van der Waals surface area contributed by atoms with E-state index in [0.29, 0.717) is 27.7 Å². The van der Waals surface area contributed by atoms with Crippen molar-refractivity contribution in [2.45, 2.75) is 51.2 Å². The summed E-state index contributed by atoms with van der Waals surface area (Å²) < 4.78 is 29.2. The van der Waals surface area contributed by atoms with Crippen molar-refractivity contribution < 1.29 is 8.78 Å². The summed E-state index contributed by atoms with van der Waals surface area (Å²) in [6.45, 7) is 8.77. The van der Waals surface area contributed by atoms with Crippen LogP contribution in [0.15, 0.2) is 72.7 Å². The second-order valence-corrected chi connectivity index (χ2v) is 13.0. The van der Waals surface area contributed by atoms with E-state index in [1.807, 2.05) is 30.3 Å². The average molecular weight is 654 g/mol. The van der Waals surface area contributed by atoms with E-state index in [-0.39, 0.29) is 28.5 Å². The molecule has 0 bridgehead atoms. The first kappa shape index (κ1) is 32.0. The summed E-state index contributed by atoms with van der Waals surface area (Å²) in [6.07, 6.45) is 5.47. The molecule has 1 aromatic heterocycles. The highest BCUT2D eigenvalue weighted by molar-refractivity contribution is 6.36. The summed E-state index contributed by atoms with van der Waals surface area (Å²) in [5.41, 5.74) is 9.18. The van der Waals surface area contributed by atoms with E-state index in [9.17, 15) is 14.9 Å². The zero-order chi connectivity index (χ0) is 33.3. The zero-order valence-electron chi connectivity index (χ0n) is 26.2. The SMILES string of the molecule is CC(C)(C)N1CCC(N2C=C([C@@H](Nc3cc(Cl)c4ncc(C#N)c(Nc5ccc(F)c(C#N)c5F)c4c3)c3ccccc3)NN2)CC1. The number of nitriles is 2. The van der Waals surface area contributed by atoms with Gasteiger partial charge in [-0.15, -0.1) is 5.53 Å². The molecule has 6 rings (SSSR count). The number of nitrogens with zero attached hydrogens (tertiary/aromatic N) is 5. The Hall–Kier alpha value is -4.94. The first-order valence-electron chi connectivity index (χ1n) is 15.3. The standard InChI is InChI=1S/C35H34ClF2N9/c1-35(2,3)46-13-11-24(12-14-46)47-20-30(44-45-47)33(21-7-5-4-6-8-21)42-23-15-25-32(22(17-39)19-41-34(25)27(36)16-23)43-29-10-9-28(37)26(18-40)31(29)38/h4-10,15-16,19-20,24,33,42,44-45H,11-14H2,1-3H3,(H,41,43)/t33-/m0/s1. The van der Waals surface area contributed by atoms with E-state index in [4.69, 9.17) is 11.6 Å². The number of halogens is 3. The highest BCUT2D eigenvalue weighted by Crippen LogP contribution is 2.38. The maximum atomic E-state index is 15.1. The van der Waals surface area contributed by atoms with Crippen molar-refractivity contribution in [2.24, 2.45) is 0 Å². The molecule has 0 spiro atoms. The first-order valence-corrected chi connectivity index (χ1v) is 15.7. The van der Waals surface area contributed by atoms with E-state index in [2.05, 4.69) is 69.5 Å². The molecule has 4 N–H and O–H groups in total. The molecule has 0 amide bonds. The van der Waals surface area contributed by atoms with Crippen molar-refractivity contribution in [1.29, 1.82) is 10.5 Å². The minimum Gasteiger partial charge on any atom is -0.373 e. The van der Waals surface area contributed by atoms with E-state index >= 15 is 4.39 Å². The number of aromatic nitrogens is 1. The Bertz CT molecular complexity index is 1920. The number of rotatable bonds is 7. The molecule has 240 valence electrons. The molecule has 1 atom stereocenters. The number of nitrogens with one attached hydrogen (secondary N) is 4. The zero-order valence-corrected chi connectivity index (χ0v) is 27.0. The number of pyridine rings is 1. The minimum absolute atomic E-state index is 0.116. The van der Waals surface area contributed by atoms with Crippen molar-refractivity contribution in [1.82, 2.24) is 25.9 Å². The minimum atomic E-state index is -1.06. The van der Waals surface area contributed by atoms with Crippen molar-refractivity contribution in [3.63, 3.8) is 0 Å². The molecule has 4 aromatic rings. The second kappa shape index (κ2) is 13.0. The van der Waals surface area contributed by atoms with Crippen LogP contribution in [0.5, 0.6) is 0 Å². The first-order chi connectivity index (χ1) is 22.6. The van der Waals surface area contributed by atoms with Crippen molar-refractivity contribution >= 4 is 39.6 Å². The third-order valence-corrected chi connectivity index (χ3v) is 8.96. The van der Waals surface area contributed by atoms with Crippen LogP contribution in [0.4, 0.5) is 25.8 Å². The van der Waals surface area contributed by atoms with Crippen molar-refractivity contribution in [3.05, 3.63) is 106 Å². The van der Waals surface area contributed by atoms with Crippen LogP contribution in [-0.4, -0.2) is 39.6 Å². The van der Waals surface area contributed by atoms with Crippen LogP contribution in [0, 0.1) is 34.3 Å². The smallest absolute Gasteiger partial charge is 0.167 e. The molecule has 3 heterocycles. The quantitative estimate of drug-likeness (QED) is 0.164. The molecule has 1 saturated heterocycles. The van der Waals surface area contributed by atoms with Crippen LogP contribution in [-0.2, 0) is 0 Å². The lowest BCUT2D eigenvalue weighted by Gasteiger charge is -2.42. The van der Waals surface area contributed by atoms with Crippen LogP contribution in [0.3, 0.4) is 0 Å². The summed E-state index contributed by atoms with van der Waals surface area (Å²) in [5.74, 6) is -2.04. The predicted octanol–water partition coefficient (Wildman–Crippen LogP) is 7.24. The summed E-state index contributed by atoms with van der Waals surface area (Å²) in [7, 11) is 0. The van der Waals surface area contributed by atoms with E-state index < -0.39 is 17.2 Å². The van der Waals surface area contributed by atoms with Crippen LogP contribution in [0.2, 0.25) is 5.02 Å². The van der Waals surface area contributed by atoms with Gasteiger partial charge in [0.15, 0.2) is 5.82 Å². The van der Waals surface area contributed by atoms with Crippen LogP contribution >= 0.6 is 11.6 Å². The summed E-state index contributed by atoms with van der Waals surface area (Å²) in [6, 6.07) is 19.3. The van der Waals surface area contributed by atoms with Gasteiger partial charge < -0.3 is 16.1 Å². The lowest BCUT2D eigenvalue weighted by Crippen LogP contribution is -2.52. The molecule has 2 aliphatic rings. The Balaban J connectivity index is 1.35. The Morgan fingerprint density at radius 1 is 1.04 bits per heavy atom. The number of fused-ring (bicyclic) bond motifs is 1. The molecule has 9 nitrogen and oxygen atoms in total. The second-order valence-electron chi connectivity index (χ2n) is 12.6. The monoisotopic (exact) mass is 653 g/mol. The Labute approximate surface area is 277 Å². The lowest BCUT2D eigenvalue weighted by atomic mass is 9.98. The van der Waals surface area contributed by atoms with E-state index in [1.54, 1.807) is 18.2 Å². The van der Waals surface area contributed by atoms with Gasteiger partial charge in [-0.1, -0.05) is 41.9 Å². The molecule has 2 aliphatic heterocycles. The van der Waals surface area contributed by atoms with Crippen LogP contribution < -0.4 is 21.6 Å². The Morgan fingerprint density at radius 2 is 1.79 bits per heavy atom. The number of anilines is 3. The molecule has 3 aromatic carbocycles. The van der Waals surface area contributed by atoms with Gasteiger partial charge >= 0.3 is 0 Å². The molecule has 0 unspecified atom stereocenters. The Kier molecular flexibility index (Phi) is 8.89. The highest BCUT2D eigenvalue weighted by Gasteiger charge is 2.32.